The number of hydrogen-bond donors (Lipinski definition) is 4. The highest BCUT2D eigenvalue weighted by molar-refractivity contribution is 7.55. The number of benzene rings is 1. The van der Waals surface area contributed by atoms with Crippen molar-refractivity contribution in [3.8, 4) is 0 Å². The fourth-order valence-corrected chi connectivity index (χ4v) is 5.21. The normalized spacial score (nSPS) is 25.5. The number of anilines is 1. The topological polar surface area (TPSA) is 262 Å². The number of nitrogen functional groups attached to an aromatic ring is 1. The Morgan fingerprint density at radius 2 is 1.91 bits per heavy atom. The van der Waals surface area contributed by atoms with Gasteiger partial charge >= 0.3 is 13.5 Å². The van der Waals surface area contributed by atoms with Crippen LogP contribution >= 0.6 is 15.8 Å². The van der Waals surface area contributed by atoms with Gasteiger partial charge in [0.15, 0.2) is 11.8 Å². The minimum Gasteiger partial charge on any atom is -0.685 e. The van der Waals surface area contributed by atoms with Crippen molar-refractivity contribution in [1.29, 1.82) is 0 Å². The number of nitrogens with zero attached hydrogens (tertiary/aromatic N) is 3. The van der Waals surface area contributed by atoms with Gasteiger partial charge in [0.2, 0.25) is 5.85 Å². The zero-order chi connectivity index (χ0) is 25.5. The van der Waals surface area contributed by atoms with Crippen LogP contribution in [0.15, 0.2) is 45.7 Å². The monoisotopic (exact) mass is 532 g/mol. The third-order valence-electron chi connectivity index (χ3n) is 4.91. The van der Waals surface area contributed by atoms with Gasteiger partial charge in [0.1, 0.15) is 29.6 Å². The van der Waals surface area contributed by atoms with Crippen LogP contribution in [0.3, 0.4) is 0 Å². The number of phosphoric acid groups is 1. The summed E-state index contributed by atoms with van der Waals surface area (Å²) in [6.45, 7) is -0.915. The fraction of sp³-hybridized carbons (Fsp3) is 0.353. The SMILES string of the molecule is Nc1ccn([C@@H]2O[C@H](COP(=O)(O)OC(c3nc4ccccc4o3)[P+]([O-])([O-])[O-])[C@@H](O)[C@H]2O)c(=O)n1. The molecule has 3 aromatic rings. The highest BCUT2D eigenvalue weighted by Crippen LogP contribution is 2.58. The lowest BCUT2D eigenvalue weighted by Crippen LogP contribution is -2.38. The van der Waals surface area contributed by atoms with E-state index in [0.717, 1.165) is 10.8 Å². The van der Waals surface area contributed by atoms with Gasteiger partial charge < -0.3 is 44.7 Å². The van der Waals surface area contributed by atoms with Gasteiger partial charge in [-0.2, -0.15) is 4.98 Å². The number of aromatic nitrogens is 3. The van der Waals surface area contributed by atoms with Gasteiger partial charge in [-0.05, 0) is 18.2 Å². The Bertz CT molecular complexity index is 1280. The van der Waals surface area contributed by atoms with Gasteiger partial charge in [-0.1, -0.05) is 12.1 Å². The summed E-state index contributed by atoms with van der Waals surface area (Å²) < 4.78 is 33.0. The number of ether oxygens (including phenoxy) is 1. The van der Waals surface area contributed by atoms with Gasteiger partial charge in [0.25, 0.3) is 5.89 Å². The second kappa shape index (κ2) is 9.61. The molecule has 35 heavy (non-hydrogen) atoms. The number of fused-ring (bicyclic) bond motifs is 1. The Balaban J connectivity index is 1.47. The molecule has 0 aliphatic carbocycles. The van der Waals surface area contributed by atoms with Crippen LogP contribution in [-0.2, 0) is 18.3 Å². The third kappa shape index (κ3) is 5.58. The van der Waals surface area contributed by atoms with Crippen LogP contribution in [0.2, 0.25) is 0 Å². The van der Waals surface area contributed by atoms with Gasteiger partial charge in [0, 0.05) is 6.20 Å². The smallest absolute Gasteiger partial charge is 0.475 e. The molecule has 1 aliphatic heterocycles. The van der Waals surface area contributed by atoms with E-state index in [-0.39, 0.29) is 16.9 Å². The van der Waals surface area contributed by atoms with Crippen molar-refractivity contribution < 1.29 is 52.6 Å². The molecule has 0 bridgehead atoms. The molecule has 6 atom stereocenters. The Labute approximate surface area is 196 Å². The summed E-state index contributed by atoms with van der Waals surface area (Å²) in [5.41, 5.74) is 4.75. The summed E-state index contributed by atoms with van der Waals surface area (Å²) in [4.78, 5) is 64.4. The maximum absolute atomic E-state index is 12.4. The van der Waals surface area contributed by atoms with Crippen molar-refractivity contribution in [1.82, 2.24) is 14.5 Å². The molecule has 1 fully saturated rings. The van der Waals surface area contributed by atoms with Crippen LogP contribution in [0, 0.1) is 0 Å². The molecular formula is C17H18N4O12P2-2. The highest BCUT2D eigenvalue weighted by Gasteiger charge is 2.46. The molecule has 5 N–H and O–H groups in total. The average molecular weight is 532 g/mol. The quantitative estimate of drug-likeness (QED) is 0.214. The van der Waals surface area contributed by atoms with Crippen molar-refractivity contribution in [3.63, 3.8) is 0 Å². The molecule has 0 saturated carbocycles. The molecule has 1 aliphatic rings. The first-order chi connectivity index (χ1) is 16.4. The first-order valence-electron chi connectivity index (χ1n) is 9.75. The van der Waals surface area contributed by atoms with E-state index < -0.39 is 64.3 Å². The van der Waals surface area contributed by atoms with Crippen LogP contribution in [0.25, 0.3) is 11.1 Å². The number of aliphatic hydroxyl groups excluding tert-OH is 2. The number of oxazole rings is 1. The summed E-state index contributed by atoms with van der Waals surface area (Å²) in [7, 11) is -11.0. The second-order valence-electron chi connectivity index (χ2n) is 7.37. The average Bonchev–Trinajstić information content (AvgIpc) is 3.32. The van der Waals surface area contributed by atoms with Crippen molar-refractivity contribution in [2.75, 3.05) is 12.3 Å². The molecule has 2 aromatic heterocycles. The highest BCUT2D eigenvalue weighted by atomic mass is 31.2. The van der Waals surface area contributed by atoms with Crippen LogP contribution in [0.5, 0.6) is 0 Å². The predicted molar refractivity (Wildman–Crippen MR) is 109 cm³/mol. The number of para-hydroxylation sites is 2. The molecule has 0 radical (unpaired) electrons. The largest absolute Gasteiger partial charge is 0.685 e. The molecule has 2 unspecified atom stereocenters. The van der Waals surface area contributed by atoms with Crippen LogP contribution in [0.4, 0.5) is 5.82 Å². The molecular weight excluding hydrogens is 514 g/mol. The van der Waals surface area contributed by atoms with E-state index >= 15 is 0 Å². The Morgan fingerprint density at radius 1 is 1.20 bits per heavy atom. The predicted octanol–water partition coefficient (Wildman–Crippen LogP) is -2.74. The number of hydrogen-bond acceptors (Lipinski definition) is 14. The maximum Gasteiger partial charge on any atom is 0.475 e. The summed E-state index contributed by atoms with van der Waals surface area (Å²) in [6, 6.07) is 7.20. The molecule has 16 nitrogen and oxygen atoms in total. The molecule has 0 amide bonds. The first-order valence-corrected chi connectivity index (χ1v) is 12.9. The fourth-order valence-electron chi connectivity index (χ4n) is 3.27. The minimum absolute atomic E-state index is 0.0909. The molecule has 0 spiro atoms. The molecule has 18 heteroatoms. The lowest BCUT2D eigenvalue weighted by atomic mass is 10.1. The van der Waals surface area contributed by atoms with E-state index in [2.05, 4.69) is 19.0 Å². The summed E-state index contributed by atoms with van der Waals surface area (Å²) in [5, 5.41) is 20.4. The minimum atomic E-state index is -5.75. The summed E-state index contributed by atoms with van der Waals surface area (Å²) >= 11 is 0. The zero-order valence-corrected chi connectivity index (χ0v) is 19.2. The Morgan fingerprint density at radius 3 is 2.57 bits per heavy atom. The summed E-state index contributed by atoms with van der Waals surface area (Å²) in [6.07, 6.45) is -5.16. The number of aliphatic hydroxyl groups is 2. The Kier molecular flexibility index (Phi) is 7.07. The van der Waals surface area contributed by atoms with Crippen molar-refractivity contribution in [2.24, 2.45) is 0 Å². The van der Waals surface area contributed by atoms with Crippen molar-refractivity contribution >= 4 is 32.7 Å². The number of nitrogens with two attached hydrogens (primary N) is 1. The number of phosphoric ester groups is 1. The van der Waals surface area contributed by atoms with Gasteiger partial charge in [0.05, 0.1) is 6.61 Å². The third-order valence-corrected chi connectivity index (χ3v) is 6.93. The molecule has 4 rings (SSSR count). The lowest BCUT2D eigenvalue weighted by molar-refractivity contribution is -0.436. The van der Waals surface area contributed by atoms with Crippen molar-refractivity contribution in [3.05, 3.63) is 52.9 Å². The Hall–Kier alpha value is -2.33. The van der Waals surface area contributed by atoms with Crippen LogP contribution < -0.4 is 26.1 Å². The lowest BCUT2D eigenvalue weighted by Gasteiger charge is -2.45. The van der Waals surface area contributed by atoms with E-state index in [1.54, 1.807) is 12.1 Å². The second-order valence-corrected chi connectivity index (χ2v) is 10.3. The van der Waals surface area contributed by atoms with E-state index in [9.17, 15) is 39.1 Å². The maximum atomic E-state index is 12.4. The molecule has 1 saturated heterocycles. The summed E-state index contributed by atoms with van der Waals surface area (Å²) in [5.74, 6) is -3.50. The van der Waals surface area contributed by atoms with E-state index in [1.165, 1.54) is 18.2 Å². The molecule has 190 valence electrons. The van der Waals surface area contributed by atoms with Gasteiger partial charge in [-0.25, -0.2) is 18.9 Å². The van der Waals surface area contributed by atoms with Crippen molar-refractivity contribution in [2.45, 2.75) is 30.4 Å². The van der Waals surface area contributed by atoms with Gasteiger partial charge in [-0.3, -0.25) is 9.09 Å². The van der Waals surface area contributed by atoms with E-state index in [0.29, 0.717) is 0 Å². The van der Waals surface area contributed by atoms with Crippen LogP contribution in [0.1, 0.15) is 18.0 Å². The van der Waals surface area contributed by atoms with E-state index in [1.807, 2.05) is 0 Å². The van der Waals surface area contributed by atoms with E-state index in [4.69, 9.17) is 14.9 Å². The van der Waals surface area contributed by atoms with Crippen LogP contribution in [-0.4, -0.2) is 54.6 Å². The first kappa shape index (κ1) is 25.8. The number of rotatable bonds is 8. The molecule has 1 aromatic carbocycles. The zero-order valence-electron chi connectivity index (χ0n) is 17.4. The van der Waals surface area contributed by atoms with Gasteiger partial charge in [-0.15, -0.1) is 7.94 Å². The molecule has 3 heterocycles. The standard InChI is InChI=1S/C17H20N4O12P2/c18-11-5-6-21(17(24)20-11)15-13(23)12(22)10(32-15)7-30-35(28,29)33-16(34(25,26)27)14-19-8-3-1-2-4-9(8)31-14/h1-6,10,12-13,15-16,22-23H,7H2,(H,28,29)(H2,18,20,24)(H2,25,26,27)/p-2/t10-,12-,13-,15-,16?/m1/s1.